The van der Waals surface area contributed by atoms with E-state index in [9.17, 15) is 14.4 Å². The molecule has 10 heteroatoms. The number of aromatic carboxylic acids is 1. The van der Waals surface area contributed by atoms with Crippen LogP contribution in [0.1, 0.15) is 16.5 Å². The Labute approximate surface area is 123 Å². The van der Waals surface area contributed by atoms with Crippen LogP contribution in [0.5, 0.6) is 0 Å². The molecule has 2 fully saturated rings. The van der Waals surface area contributed by atoms with Crippen molar-refractivity contribution in [1.29, 1.82) is 0 Å². The van der Waals surface area contributed by atoms with Crippen LogP contribution in [0.15, 0.2) is 6.20 Å². The molecular weight excluding hydrogens is 298 g/mol. The largest absolute Gasteiger partial charge is 0.476 e. The number of likely N-dealkylation sites (tertiary alicyclic amines) is 1. The summed E-state index contributed by atoms with van der Waals surface area (Å²) < 4.78 is 1.46. The van der Waals surface area contributed by atoms with Crippen molar-refractivity contribution < 1.29 is 19.5 Å². The van der Waals surface area contributed by atoms with E-state index in [1.165, 1.54) is 22.6 Å². The minimum absolute atomic E-state index is 0.00667. The third kappa shape index (κ3) is 2.71. The number of thioether (sulfide) groups is 1. The number of carboxylic acid groups (broad SMARTS) is 1. The molecule has 0 saturated carbocycles. The van der Waals surface area contributed by atoms with Crippen LogP contribution in [0.25, 0.3) is 0 Å². The number of carbonyl (C=O) groups excluding carboxylic acids is 2. The lowest BCUT2D eigenvalue weighted by atomic mass is 10.1. The average Bonchev–Trinajstić information content (AvgIpc) is 2.98. The molecule has 3 rings (SSSR count). The summed E-state index contributed by atoms with van der Waals surface area (Å²) in [7, 11) is 0. The van der Waals surface area contributed by atoms with Gasteiger partial charge in [0.25, 0.3) is 0 Å². The van der Waals surface area contributed by atoms with Gasteiger partial charge in [0.1, 0.15) is 6.54 Å². The first-order valence-electron chi connectivity index (χ1n) is 6.33. The maximum atomic E-state index is 12.0. The van der Waals surface area contributed by atoms with Crippen LogP contribution in [0.2, 0.25) is 0 Å². The van der Waals surface area contributed by atoms with Crippen molar-refractivity contribution in [2.45, 2.75) is 6.04 Å². The van der Waals surface area contributed by atoms with Gasteiger partial charge in [0, 0.05) is 13.1 Å². The van der Waals surface area contributed by atoms with Gasteiger partial charge in [-0.05, 0) is 0 Å². The van der Waals surface area contributed by atoms with E-state index in [0.29, 0.717) is 24.7 Å². The molecule has 9 nitrogen and oxygen atoms in total. The molecule has 0 spiro atoms. The van der Waals surface area contributed by atoms with Gasteiger partial charge in [0.2, 0.25) is 11.8 Å². The van der Waals surface area contributed by atoms with Crippen LogP contribution >= 0.6 is 11.8 Å². The maximum absolute atomic E-state index is 12.0. The van der Waals surface area contributed by atoms with Crippen molar-refractivity contribution in [3.05, 3.63) is 11.9 Å². The summed E-state index contributed by atoms with van der Waals surface area (Å²) in [5.41, 5.74) is -0.112. The molecule has 2 aliphatic rings. The summed E-state index contributed by atoms with van der Waals surface area (Å²) in [5.74, 6) is -0.230. The molecule has 0 bridgehead atoms. The normalized spacial score (nSPS) is 19.0. The van der Waals surface area contributed by atoms with E-state index in [1.54, 1.807) is 9.80 Å². The number of hydrogen-bond acceptors (Lipinski definition) is 6. The smallest absolute Gasteiger partial charge is 0.358 e. The Morgan fingerprint density at radius 2 is 2.19 bits per heavy atom. The van der Waals surface area contributed by atoms with Gasteiger partial charge in [0.05, 0.1) is 23.9 Å². The molecule has 21 heavy (non-hydrogen) atoms. The summed E-state index contributed by atoms with van der Waals surface area (Å²) in [6, 6.07) is -0.0572. The SMILES string of the molecule is O=C(O)c1cn(C2CN(C(=O)CN3CSCC3=O)C2)nn1. The van der Waals surface area contributed by atoms with Gasteiger partial charge in [-0.2, -0.15) is 0 Å². The van der Waals surface area contributed by atoms with Gasteiger partial charge in [-0.3, -0.25) is 9.59 Å². The zero-order chi connectivity index (χ0) is 15.0. The fourth-order valence-corrected chi connectivity index (χ4v) is 3.09. The quantitative estimate of drug-likeness (QED) is 0.751. The molecule has 2 aliphatic heterocycles. The molecular formula is C11H13N5O4S. The number of hydrogen-bond donors (Lipinski definition) is 1. The van der Waals surface area contributed by atoms with E-state index < -0.39 is 5.97 Å². The van der Waals surface area contributed by atoms with Crippen LogP contribution in [-0.2, 0) is 9.59 Å². The number of amides is 2. The Morgan fingerprint density at radius 3 is 2.76 bits per heavy atom. The van der Waals surface area contributed by atoms with E-state index in [1.807, 2.05) is 0 Å². The van der Waals surface area contributed by atoms with Crippen molar-refractivity contribution in [3.8, 4) is 0 Å². The van der Waals surface area contributed by atoms with Crippen LogP contribution in [0.3, 0.4) is 0 Å². The molecule has 0 unspecified atom stereocenters. The van der Waals surface area contributed by atoms with Gasteiger partial charge in [-0.1, -0.05) is 5.21 Å². The fourth-order valence-electron chi connectivity index (χ4n) is 2.18. The van der Waals surface area contributed by atoms with E-state index in [2.05, 4.69) is 10.3 Å². The second-order valence-corrected chi connectivity index (χ2v) is 5.87. The van der Waals surface area contributed by atoms with E-state index >= 15 is 0 Å². The summed E-state index contributed by atoms with van der Waals surface area (Å²) in [6.45, 7) is 1.02. The summed E-state index contributed by atoms with van der Waals surface area (Å²) >= 11 is 1.50. The lowest BCUT2D eigenvalue weighted by Gasteiger charge is -2.39. The highest BCUT2D eigenvalue weighted by atomic mass is 32.2. The van der Waals surface area contributed by atoms with Gasteiger partial charge < -0.3 is 14.9 Å². The maximum Gasteiger partial charge on any atom is 0.358 e. The summed E-state index contributed by atoms with van der Waals surface area (Å²) in [6.07, 6.45) is 1.36. The van der Waals surface area contributed by atoms with Crippen molar-refractivity contribution in [1.82, 2.24) is 24.8 Å². The van der Waals surface area contributed by atoms with Gasteiger partial charge >= 0.3 is 5.97 Å². The van der Waals surface area contributed by atoms with Crippen LogP contribution in [0, 0.1) is 0 Å². The second-order valence-electron chi connectivity index (χ2n) is 4.91. The Morgan fingerprint density at radius 1 is 1.43 bits per heavy atom. The lowest BCUT2D eigenvalue weighted by Crippen LogP contribution is -2.53. The molecule has 0 atom stereocenters. The van der Waals surface area contributed by atoms with Crippen LogP contribution in [-0.4, -0.2) is 78.9 Å². The minimum atomic E-state index is -1.13. The zero-order valence-electron chi connectivity index (χ0n) is 11.0. The summed E-state index contributed by atoms with van der Waals surface area (Å²) in [5, 5.41) is 16.1. The molecule has 0 aromatic carbocycles. The molecule has 1 aromatic heterocycles. The van der Waals surface area contributed by atoms with Gasteiger partial charge in [-0.25, -0.2) is 9.48 Å². The number of rotatable bonds is 4. The minimum Gasteiger partial charge on any atom is -0.476 e. The number of aromatic nitrogens is 3. The second kappa shape index (κ2) is 5.35. The topological polar surface area (TPSA) is 109 Å². The highest BCUT2D eigenvalue weighted by molar-refractivity contribution is 8.00. The van der Waals surface area contributed by atoms with Crippen molar-refractivity contribution in [2.75, 3.05) is 31.3 Å². The molecule has 2 amide bonds. The van der Waals surface area contributed by atoms with E-state index in [-0.39, 0.29) is 30.1 Å². The zero-order valence-corrected chi connectivity index (χ0v) is 11.8. The fraction of sp³-hybridized carbons (Fsp3) is 0.545. The molecule has 0 aliphatic carbocycles. The van der Waals surface area contributed by atoms with Gasteiger partial charge in [-0.15, -0.1) is 16.9 Å². The standard InChI is InChI=1S/C11H13N5O4S/c17-9(4-15-6-21-5-10(15)18)14-1-7(2-14)16-3-8(11(19)20)12-13-16/h3,7H,1-2,4-6H2,(H,19,20). The number of carboxylic acids is 1. The van der Waals surface area contributed by atoms with Crippen LogP contribution in [0.4, 0.5) is 0 Å². The highest BCUT2D eigenvalue weighted by Gasteiger charge is 2.35. The van der Waals surface area contributed by atoms with E-state index in [0.717, 1.165) is 0 Å². The van der Waals surface area contributed by atoms with Crippen LogP contribution < -0.4 is 0 Å². The lowest BCUT2D eigenvalue weighted by molar-refractivity contribution is -0.142. The Kier molecular flexibility index (Phi) is 3.53. The number of nitrogens with zero attached hydrogens (tertiary/aromatic N) is 5. The molecule has 0 radical (unpaired) electrons. The average molecular weight is 311 g/mol. The summed E-state index contributed by atoms with van der Waals surface area (Å²) in [4.78, 5) is 37.3. The highest BCUT2D eigenvalue weighted by Crippen LogP contribution is 2.22. The monoisotopic (exact) mass is 311 g/mol. The van der Waals surface area contributed by atoms with Gasteiger partial charge in [0.15, 0.2) is 5.69 Å². The molecule has 1 N–H and O–H groups in total. The first kappa shape index (κ1) is 13.9. The number of carbonyl (C=O) groups is 3. The predicted molar refractivity (Wildman–Crippen MR) is 71.6 cm³/mol. The van der Waals surface area contributed by atoms with E-state index in [4.69, 9.17) is 5.11 Å². The first-order valence-corrected chi connectivity index (χ1v) is 7.48. The molecule has 112 valence electrons. The van der Waals surface area contributed by atoms with Crippen molar-refractivity contribution in [2.24, 2.45) is 0 Å². The van der Waals surface area contributed by atoms with Crippen molar-refractivity contribution >= 4 is 29.5 Å². The Hall–Kier alpha value is -2.10. The predicted octanol–water partition coefficient (Wildman–Crippen LogP) is -1.11. The third-order valence-electron chi connectivity index (χ3n) is 3.47. The molecule has 1 aromatic rings. The molecule has 2 saturated heterocycles. The Balaban J connectivity index is 1.51. The molecule has 3 heterocycles. The Bertz CT molecular complexity index is 597. The first-order chi connectivity index (χ1) is 10.0. The third-order valence-corrected chi connectivity index (χ3v) is 4.42. The van der Waals surface area contributed by atoms with Crippen molar-refractivity contribution in [3.63, 3.8) is 0 Å².